The highest BCUT2D eigenvalue weighted by Gasteiger charge is 2.37. The highest BCUT2D eigenvalue weighted by molar-refractivity contribution is 6.74. The molecule has 2 nitrogen and oxygen atoms in total. The van der Waals surface area contributed by atoms with Gasteiger partial charge in [-0.3, -0.25) is 4.79 Å². The van der Waals surface area contributed by atoms with E-state index >= 15 is 0 Å². The van der Waals surface area contributed by atoms with Crippen molar-refractivity contribution in [1.29, 1.82) is 0 Å². The van der Waals surface area contributed by atoms with Crippen molar-refractivity contribution in [3.63, 3.8) is 0 Å². The molecule has 0 spiro atoms. The van der Waals surface area contributed by atoms with E-state index in [9.17, 15) is 4.79 Å². The Bertz CT molecular complexity index is 364. The molecule has 0 rings (SSSR count). The lowest BCUT2D eigenvalue weighted by Crippen LogP contribution is -2.42. The van der Waals surface area contributed by atoms with Gasteiger partial charge in [-0.15, -0.1) is 0 Å². The fourth-order valence-corrected chi connectivity index (χ4v) is 3.16. The third-order valence-corrected chi connectivity index (χ3v) is 9.12. The number of ketones is 1. The van der Waals surface area contributed by atoms with Crippen LogP contribution in [0.1, 0.15) is 61.3 Å². The minimum atomic E-state index is -1.76. The molecule has 0 bridgehead atoms. The zero-order valence-corrected chi connectivity index (χ0v) is 16.7. The van der Waals surface area contributed by atoms with Gasteiger partial charge in [-0.2, -0.15) is 0 Å². The summed E-state index contributed by atoms with van der Waals surface area (Å²) >= 11 is 0. The third kappa shape index (κ3) is 6.92. The number of hydrogen-bond acceptors (Lipinski definition) is 2. The maximum atomic E-state index is 12.4. The van der Waals surface area contributed by atoms with Crippen LogP contribution in [0.5, 0.6) is 0 Å². The van der Waals surface area contributed by atoms with Crippen LogP contribution < -0.4 is 0 Å². The fourth-order valence-electron chi connectivity index (χ4n) is 2.06. The van der Waals surface area contributed by atoms with Gasteiger partial charge in [0.05, 0.1) is 0 Å². The van der Waals surface area contributed by atoms with E-state index in [0.717, 1.165) is 18.4 Å². The average Bonchev–Trinajstić information content (AvgIpc) is 2.33. The summed E-state index contributed by atoms with van der Waals surface area (Å²) < 4.78 is 6.17. The minimum absolute atomic E-state index is 0.0517. The summed E-state index contributed by atoms with van der Waals surface area (Å²) in [6.07, 6.45) is 4.41. The molecule has 3 heteroatoms. The normalized spacial score (nSPS) is 16.7. The summed E-state index contributed by atoms with van der Waals surface area (Å²) in [5.74, 6) is 0.660. The highest BCUT2D eigenvalue weighted by atomic mass is 28.4. The number of allylic oxidation sites excluding steroid dienone is 2. The molecule has 0 heterocycles. The van der Waals surface area contributed by atoms with Crippen LogP contribution in [0.15, 0.2) is 11.6 Å². The Kier molecular flexibility index (Phi) is 8.12. The maximum Gasteiger partial charge on any atom is 0.192 e. The molecule has 0 aliphatic heterocycles. The molecule has 124 valence electrons. The Morgan fingerprint density at radius 1 is 1.24 bits per heavy atom. The number of rotatable bonds is 8. The molecule has 0 radical (unpaired) electrons. The van der Waals surface area contributed by atoms with Gasteiger partial charge < -0.3 is 4.43 Å². The van der Waals surface area contributed by atoms with E-state index in [1.54, 1.807) is 0 Å². The highest BCUT2D eigenvalue weighted by Crippen LogP contribution is 2.36. The summed E-state index contributed by atoms with van der Waals surface area (Å²) in [4.78, 5) is 12.4. The van der Waals surface area contributed by atoms with Crippen molar-refractivity contribution in [3.05, 3.63) is 11.6 Å². The van der Waals surface area contributed by atoms with Crippen LogP contribution in [-0.2, 0) is 9.22 Å². The predicted octanol–water partition coefficient (Wildman–Crippen LogP) is 5.60. The fraction of sp³-hybridized carbons (Fsp3) is 0.833. The number of Topliss-reactive ketones (excluding diaryl/α,β-unsaturated/α-hetero) is 1. The SMILES string of the molecule is CCC[C@@H](C)/C=C(\C)C(=O)[C@H](C)CO[Si](C)(C)C(C)(C)C. The van der Waals surface area contributed by atoms with E-state index in [2.05, 4.69) is 53.8 Å². The summed E-state index contributed by atoms with van der Waals surface area (Å²) in [5, 5.41) is 0.191. The molecule has 0 aromatic heterocycles. The lowest BCUT2D eigenvalue weighted by atomic mass is 9.96. The van der Waals surface area contributed by atoms with Crippen LogP contribution >= 0.6 is 0 Å². The van der Waals surface area contributed by atoms with Gasteiger partial charge in [0, 0.05) is 12.5 Å². The molecule has 0 aromatic carbocycles. The zero-order chi connectivity index (χ0) is 16.8. The standard InChI is InChI=1S/C18H36O2Si/c1-10-11-14(2)12-15(3)17(19)16(4)13-20-21(8,9)18(5,6)7/h12,14,16H,10-11,13H2,1-9H3/b15-12+/t14-,16-/m1/s1. The Balaban J connectivity index is 4.60. The Morgan fingerprint density at radius 2 is 1.76 bits per heavy atom. The first-order valence-electron chi connectivity index (χ1n) is 8.29. The van der Waals surface area contributed by atoms with Crippen molar-refractivity contribution in [2.45, 2.75) is 79.4 Å². The molecule has 2 atom stereocenters. The number of hydrogen-bond donors (Lipinski definition) is 0. The maximum absolute atomic E-state index is 12.4. The molecular formula is C18H36O2Si. The van der Waals surface area contributed by atoms with E-state index in [1.807, 2.05) is 13.8 Å². The predicted molar refractivity (Wildman–Crippen MR) is 95.1 cm³/mol. The van der Waals surface area contributed by atoms with Crippen molar-refractivity contribution in [2.75, 3.05) is 6.61 Å². The second kappa shape index (κ2) is 8.28. The van der Waals surface area contributed by atoms with Crippen LogP contribution in [0.4, 0.5) is 0 Å². The lowest BCUT2D eigenvalue weighted by molar-refractivity contribution is -0.119. The van der Waals surface area contributed by atoms with Gasteiger partial charge in [0.25, 0.3) is 0 Å². The van der Waals surface area contributed by atoms with E-state index in [1.165, 1.54) is 0 Å². The van der Waals surface area contributed by atoms with Crippen molar-refractivity contribution >= 4 is 14.1 Å². The van der Waals surface area contributed by atoms with Gasteiger partial charge in [-0.25, -0.2) is 0 Å². The van der Waals surface area contributed by atoms with Crippen molar-refractivity contribution < 1.29 is 9.22 Å². The molecule has 0 aliphatic rings. The molecule has 0 amide bonds. The summed E-state index contributed by atoms with van der Waals surface area (Å²) in [7, 11) is -1.76. The second-order valence-corrected chi connectivity index (χ2v) is 12.8. The topological polar surface area (TPSA) is 26.3 Å². The average molecular weight is 313 g/mol. The summed E-state index contributed by atoms with van der Waals surface area (Å²) in [6, 6.07) is 0. The Morgan fingerprint density at radius 3 is 2.19 bits per heavy atom. The first kappa shape index (κ1) is 20.6. The van der Waals surface area contributed by atoms with Gasteiger partial charge in [-0.05, 0) is 43.0 Å². The Labute approximate surface area is 133 Å². The van der Waals surface area contributed by atoms with Gasteiger partial charge in [-0.1, -0.05) is 54.0 Å². The van der Waals surface area contributed by atoms with Gasteiger partial charge >= 0.3 is 0 Å². The lowest BCUT2D eigenvalue weighted by Gasteiger charge is -2.36. The molecule has 0 fully saturated rings. The molecule has 0 saturated heterocycles. The summed E-state index contributed by atoms with van der Waals surface area (Å²) in [6.45, 7) is 20.0. The Hall–Kier alpha value is -0.413. The van der Waals surface area contributed by atoms with Crippen LogP contribution in [0.25, 0.3) is 0 Å². The van der Waals surface area contributed by atoms with Crippen molar-refractivity contribution in [3.8, 4) is 0 Å². The number of carbonyl (C=O) groups excluding carboxylic acids is 1. The van der Waals surface area contributed by atoms with Crippen LogP contribution in [0.2, 0.25) is 18.1 Å². The van der Waals surface area contributed by atoms with Gasteiger partial charge in [0.2, 0.25) is 0 Å². The van der Waals surface area contributed by atoms with Crippen molar-refractivity contribution in [1.82, 2.24) is 0 Å². The molecule has 21 heavy (non-hydrogen) atoms. The monoisotopic (exact) mass is 312 g/mol. The van der Waals surface area contributed by atoms with Crippen LogP contribution in [0.3, 0.4) is 0 Å². The largest absolute Gasteiger partial charge is 0.416 e. The molecule has 0 saturated carbocycles. The number of carbonyl (C=O) groups is 1. The first-order chi connectivity index (χ1) is 9.42. The second-order valence-electron chi connectivity index (χ2n) is 7.95. The molecular weight excluding hydrogens is 276 g/mol. The molecule has 0 aliphatic carbocycles. The zero-order valence-electron chi connectivity index (χ0n) is 15.7. The van der Waals surface area contributed by atoms with E-state index in [4.69, 9.17) is 4.43 Å². The third-order valence-electron chi connectivity index (χ3n) is 4.62. The van der Waals surface area contributed by atoms with E-state index < -0.39 is 8.32 Å². The van der Waals surface area contributed by atoms with E-state index in [-0.39, 0.29) is 16.7 Å². The first-order valence-corrected chi connectivity index (χ1v) is 11.2. The van der Waals surface area contributed by atoms with Crippen LogP contribution in [-0.4, -0.2) is 20.7 Å². The molecule has 0 aromatic rings. The van der Waals surface area contributed by atoms with Gasteiger partial charge in [0.1, 0.15) is 0 Å². The van der Waals surface area contributed by atoms with E-state index in [0.29, 0.717) is 12.5 Å². The van der Waals surface area contributed by atoms with Crippen LogP contribution in [0, 0.1) is 11.8 Å². The quantitative estimate of drug-likeness (QED) is 0.431. The smallest absolute Gasteiger partial charge is 0.192 e. The molecule has 0 N–H and O–H groups in total. The summed E-state index contributed by atoms with van der Waals surface area (Å²) in [5.41, 5.74) is 0.891. The minimum Gasteiger partial charge on any atom is -0.416 e. The van der Waals surface area contributed by atoms with Gasteiger partial charge in [0.15, 0.2) is 14.1 Å². The molecule has 0 unspecified atom stereocenters. The van der Waals surface area contributed by atoms with Crippen molar-refractivity contribution in [2.24, 2.45) is 11.8 Å².